The van der Waals surface area contributed by atoms with Gasteiger partial charge in [0.25, 0.3) is 0 Å². The monoisotopic (exact) mass is 309 g/mol. The van der Waals surface area contributed by atoms with E-state index >= 15 is 0 Å². The van der Waals surface area contributed by atoms with Crippen LogP contribution in [0.1, 0.15) is 17.5 Å². The van der Waals surface area contributed by atoms with E-state index in [9.17, 15) is 4.79 Å². The number of hydrogen-bond donors (Lipinski definition) is 2. The van der Waals surface area contributed by atoms with Crippen LogP contribution in [0.25, 0.3) is 0 Å². The van der Waals surface area contributed by atoms with E-state index in [-0.39, 0.29) is 5.91 Å². The highest BCUT2D eigenvalue weighted by Crippen LogP contribution is 2.27. The molecule has 120 valence electrons. The second-order valence-corrected chi connectivity index (χ2v) is 6.09. The Balaban J connectivity index is 1.72. The Labute approximate surface area is 137 Å². The summed E-state index contributed by atoms with van der Waals surface area (Å²) in [7, 11) is 0. The number of carbonyl (C=O) groups is 1. The Hall–Kier alpha value is -2.49. The molecule has 2 N–H and O–H groups in total. The van der Waals surface area contributed by atoms with Crippen LogP contribution in [0.3, 0.4) is 0 Å². The molecule has 0 bridgehead atoms. The Bertz CT molecular complexity index is 712. The minimum absolute atomic E-state index is 0.0219. The molecule has 3 rings (SSSR count). The van der Waals surface area contributed by atoms with Gasteiger partial charge < -0.3 is 15.5 Å². The average Bonchev–Trinajstić information content (AvgIpc) is 2.73. The largest absolute Gasteiger partial charge is 0.383 e. The number of aryl methyl sites for hydroxylation is 2. The Morgan fingerprint density at radius 1 is 1.22 bits per heavy atom. The summed E-state index contributed by atoms with van der Waals surface area (Å²) in [6, 6.07) is 14.2. The lowest BCUT2D eigenvalue weighted by Crippen LogP contribution is -2.33. The van der Waals surface area contributed by atoms with Crippen molar-refractivity contribution in [3.8, 4) is 0 Å². The highest BCUT2D eigenvalue weighted by molar-refractivity contribution is 5.95. The normalized spacial score (nSPS) is 13.7. The molecule has 0 spiro atoms. The number of amides is 1. The second kappa shape index (κ2) is 6.73. The van der Waals surface area contributed by atoms with Gasteiger partial charge in [-0.25, -0.2) is 0 Å². The fourth-order valence-corrected chi connectivity index (χ4v) is 2.99. The van der Waals surface area contributed by atoms with Gasteiger partial charge in [-0.3, -0.25) is 4.79 Å². The molecule has 0 radical (unpaired) electrons. The maximum atomic E-state index is 12.5. The van der Waals surface area contributed by atoms with Crippen LogP contribution in [0.4, 0.5) is 17.1 Å². The zero-order valence-electron chi connectivity index (χ0n) is 13.7. The lowest BCUT2D eigenvalue weighted by molar-refractivity contribution is -0.115. The number of para-hydroxylation sites is 2. The molecule has 4 nitrogen and oxygen atoms in total. The van der Waals surface area contributed by atoms with E-state index < -0.39 is 0 Å². The number of fused-ring (bicyclic) bond motifs is 1. The van der Waals surface area contributed by atoms with Crippen LogP contribution in [0, 0.1) is 13.8 Å². The molecule has 0 unspecified atom stereocenters. The average molecular weight is 309 g/mol. The van der Waals surface area contributed by atoms with E-state index in [4.69, 9.17) is 0 Å². The van der Waals surface area contributed by atoms with Crippen LogP contribution in [0.15, 0.2) is 42.5 Å². The molecular formula is C19H23N3O. The highest BCUT2D eigenvalue weighted by atomic mass is 16.2. The Morgan fingerprint density at radius 2 is 2.04 bits per heavy atom. The molecular weight excluding hydrogens is 286 g/mol. The van der Waals surface area contributed by atoms with E-state index in [0.29, 0.717) is 6.54 Å². The molecule has 0 saturated carbocycles. The van der Waals surface area contributed by atoms with Crippen LogP contribution in [0.2, 0.25) is 0 Å². The number of rotatable bonds is 3. The number of hydrogen-bond acceptors (Lipinski definition) is 3. The van der Waals surface area contributed by atoms with E-state index in [0.717, 1.165) is 42.1 Å². The maximum absolute atomic E-state index is 12.5. The number of nitrogens with zero attached hydrogens (tertiary/aromatic N) is 1. The van der Waals surface area contributed by atoms with Gasteiger partial charge in [0.2, 0.25) is 5.91 Å². The van der Waals surface area contributed by atoms with Crippen molar-refractivity contribution in [1.82, 2.24) is 0 Å². The van der Waals surface area contributed by atoms with Crippen LogP contribution in [-0.4, -0.2) is 25.5 Å². The predicted molar refractivity (Wildman–Crippen MR) is 96.3 cm³/mol. The smallest absolute Gasteiger partial charge is 0.243 e. The van der Waals surface area contributed by atoms with Crippen molar-refractivity contribution in [3.05, 3.63) is 53.6 Å². The first-order valence-electron chi connectivity index (χ1n) is 8.08. The molecule has 2 aromatic rings. The molecule has 0 aliphatic carbocycles. The predicted octanol–water partition coefficient (Wildman–Crippen LogP) is 3.56. The van der Waals surface area contributed by atoms with Crippen LogP contribution in [-0.2, 0) is 4.79 Å². The molecule has 1 amide bonds. The maximum Gasteiger partial charge on any atom is 0.243 e. The zero-order chi connectivity index (χ0) is 16.2. The van der Waals surface area contributed by atoms with E-state index in [2.05, 4.69) is 40.7 Å². The SMILES string of the molecule is Cc1ccc(NC(=O)CN2CCCNc3ccccc32)c(C)c1. The Kier molecular flexibility index (Phi) is 4.51. The molecule has 1 aliphatic rings. The van der Waals surface area contributed by atoms with Gasteiger partial charge in [0.1, 0.15) is 0 Å². The summed E-state index contributed by atoms with van der Waals surface area (Å²) in [5.41, 5.74) is 5.39. The summed E-state index contributed by atoms with van der Waals surface area (Å²) in [5.74, 6) is 0.0219. The van der Waals surface area contributed by atoms with Crippen molar-refractivity contribution < 1.29 is 4.79 Å². The molecule has 0 aromatic heterocycles. The minimum Gasteiger partial charge on any atom is -0.383 e. The zero-order valence-corrected chi connectivity index (χ0v) is 13.7. The van der Waals surface area contributed by atoms with Gasteiger partial charge in [-0.2, -0.15) is 0 Å². The summed E-state index contributed by atoms with van der Waals surface area (Å²) < 4.78 is 0. The Morgan fingerprint density at radius 3 is 2.87 bits per heavy atom. The van der Waals surface area contributed by atoms with Crippen LogP contribution >= 0.6 is 0 Å². The molecule has 4 heteroatoms. The topological polar surface area (TPSA) is 44.4 Å². The van der Waals surface area contributed by atoms with Gasteiger partial charge in [-0.1, -0.05) is 29.8 Å². The summed E-state index contributed by atoms with van der Waals surface area (Å²) in [4.78, 5) is 14.6. The van der Waals surface area contributed by atoms with Crippen LogP contribution in [0.5, 0.6) is 0 Å². The first-order chi connectivity index (χ1) is 11.1. The quantitative estimate of drug-likeness (QED) is 0.911. The standard InChI is InChI=1S/C19H23N3O/c1-14-8-9-16(15(2)12-14)21-19(23)13-22-11-5-10-20-17-6-3-4-7-18(17)22/h3-4,6-9,12,20H,5,10-11,13H2,1-2H3,(H,21,23). The van der Waals surface area contributed by atoms with Gasteiger partial charge in [0.05, 0.1) is 17.9 Å². The molecule has 0 saturated heterocycles. The van der Waals surface area contributed by atoms with Gasteiger partial charge >= 0.3 is 0 Å². The minimum atomic E-state index is 0.0219. The van der Waals surface area contributed by atoms with E-state index in [1.54, 1.807) is 0 Å². The van der Waals surface area contributed by atoms with Crippen molar-refractivity contribution in [3.63, 3.8) is 0 Å². The third-order valence-electron chi connectivity index (χ3n) is 4.16. The number of anilines is 3. The molecule has 1 aliphatic heterocycles. The van der Waals surface area contributed by atoms with Crippen LogP contribution < -0.4 is 15.5 Å². The lowest BCUT2D eigenvalue weighted by Gasteiger charge is -2.24. The van der Waals surface area contributed by atoms with Gasteiger partial charge in [0.15, 0.2) is 0 Å². The molecule has 0 atom stereocenters. The molecule has 2 aromatic carbocycles. The lowest BCUT2D eigenvalue weighted by atomic mass is 10.1. The van der Waals surface area contributed by atoms with Crippen molar-refractivity contribution >= 4 is 23.0 Å². The third-order valence-corrected chi connectivity index (χ3v) is 4.16. The summed E-state index contributed by atoms with van der Waals surface area (Å²) in [6.07, 6.45) is 1.02. The summed E-state index contributed by atoms with van der Waals surface area (Å²) in [6.45, 7) is 6.26. The van der Waals surface area contributed by atoms with Crippen molar-refractivity contribution in [1.29, 1.82) is 0 Å². The molecule has 0 fully saturated rings. The highest BCUT2D eigenvalue weighted by Gasteiger charge is 2.17. The fraction of sp³-hybridized carbons (Fsp3) is 0.316. The molecule has 1 heterocycles. The summed E-state index contributed by atoms with van der Waals surface area (Å²) in [5, 5.41) is 6.45. The van der Waals surface area contributed by atoms with E-state index in [1.165, 1.54) is 5.56 Å². The number of carbonyl (C=O) groups excluding carboxylic acids is 1. The number of nitrogens with one attached hydrogen (secondary N) is 2. The van der Waals surface area contributed by atoms with Gasteiger partial charge in [0, 0.05) is 18.8 Å². The van der Waals surface area contributed by atoms with Gasteiger partial charge in [-0.15, -0.1) is 0 Å². The molecule has 23 heavy (non-hydrogen) atoms. The second-order valence-electron chi connectivity index (χ2n) is 6.09. The van der Waals surface area contributed by atoms with Crippen molar-refractivity contribution in [2.45, 2.75) is 20.3 Å². The van der Waals surface area contributed by atoms with E-state index in [1.807, 2.05) is 31.2 Å². The third kappa shape index (κ3) is 3.65. The van der Waals surface area contributed by atoms with Crippen molar-refractivity contribution in [2.24, 2.45) is 0 Å². The van der Waals surface area contributed by atoms with Gasteiger partial charge in [-0.05, 0) is 44.0 Å². The number of benzene rings is 2. The fourth-order valence-electron chi connectivity index (χ4n) is 2.99. The summed E-state index contributed by atoms with van der Waals surface area (Å²) >= 11 is 0. The van der Waals surface area contributed by atoms with Crippen molar-refractivity contribution in [2.75, 3.05) is 35.2 Å². The first kappa shape index (κ1) is 15.4. The first-order valence-corrected chi connectivity index (χ1v) is 8.08.